The van der Waals surface area contributed by atoms with Gasteiger partial charge in [0, 0.05) is 0 Å². The van der Waals surface area contributed by atoms with Crippen LogP contribution < -0.4 is 10.1 Å². The molecule has 0 aliphatic rings. The van der Waals surface area contributed by atoms with Crippen LogP contribution in [-0.2, 0) is 0 Å². The molecule has 3 heteroatoms. The van der Waals surface area contributed by atoms with Crippen molar-refractivity contribution in [3.63, 3.8) is 0 Å². The van der Waals surface area contributed by atoms with Crippen molar-refractivity contribution in [1.82, 2.24) is 5.32 Å². The summed E-state index contributed by atoms with van der Waals surface area (Å²) in [7, 11) is 1.59. The summed E-state index contributed by atoms with van der Waals surface area (Å²) in [5.74, 6) is 0.452. The van der Waals surface area contributed by atoms with Crippen molar-refractivity contribution >= 4 is 16.7 Å². The Bertz CT molecular complexity index is 869. The number of nitrogens with one attached hydrogen (secondary N) is 1. The lowest BCUT2D eigenvalue weighted by molar-refractivity contribution is 0.0937. The number of benzene rings is 3. The maximum Gasteiger partial charge on any atom is 0.255 e. The Labute approximate surface area is 142 Å². The van der Waals surface area contributed by atoms with E-state index in [4.69, 9.17) is 4.74 Å². The molecule has 0 bridgehead atoms. The standard InChI is InChI=1S/C21H21NO2/c1-14-8-10-16(11-9-14)15(2)22-21(23)19-12-17-6-4-5-7-18(17)13-20(19)24-3/h4-13,15H,1-3H3,(H,22,23)/t15-/m1/s1. The molecule has 0 saturated heterocycles. The number of methoxy groups -OCH3 is 1. The Morgan fingerprint density at radius 1 is 1.00 bits per heavy atom. The fourth-order valence-electron chi connectivity index (χ4n) is 2.78. The van der Waals surface area contributed by atoms with Crippen molar-refractivity contribution in [1.29, 1.82) is 0 Å². The van der Waals surface area contributed by atoms with Crippen molar-refractivity contribution in [3.05, 3.63) is 77.4 Å². The summed E-state index contributed by atoms with van der Waals surface area (Å²) in [5, 5.41) is 5.13. The van der Waals surface area contributed by atoms with E-state index in [0.717, 1.165) is 16.3 Å². The first-order chi connectivity index (χ1) is 11.6. The summed E-state index contributed by atoms with van der Waals surface area (Å²) in [6, 6.07) is 19.8. The second kappa shape index (κ2) is 6.75. The SMILES string of the molecule is COc1cc2ccccc2cc1C(=O)N[C@H](C)c1ccc(C)cc1. The predicted octanol–water partition coefficient (Wildman–Crippen LogP) is 4.65. The van der Waals surface area contributed by atoms with E-state index >= 15 is 0 Å². The normalized spacial score (nSPS) is 12.0. The first-order valence-electron chi connectivity index (χ1n) is 8.02. The van der Waals surface area contributed by atoms with E-state index in [2.05, 4.69) is 17.4 Å². The average Bonchev–Trinajstić information content (AvgIpc) is 2.61. The van der Waals surface area contributed by atoms with Crippen LogP contribution in [0.25, 0.3) is 10.8 Å². The number of carbonyl (C=O) groups excluding carboxylic acids is 1. The summed E-state index contributed by atoms with van der Waals surface area (Å²) < 4.78 is 5.42. The van der Waals surface area contributed by atoms with Gasteiger partial charge in [0.25, 0.3) is 5.91 Å². The topological polar surface area (TPSA) is 38.3 Å². The first kappa shape index (κ1) is 16.1. The minimum Gasteiger partial charge on any atom is -0.496 e. The summed E-state index contributed by atoms with van der Waals surface area (Å²) in [4.78, 5) is 12.7. The van der Waals surface area contributed by atoms with Gasteiger partial charge in [-0.05, 0) is 42.3 Å². The molecule has 0 heterocycles. The van der Waals surface area contributed by atoms with Crippen molar-refractivity contribution in [2.75, 3.05) is 7.11 Å². The zero-order chi connectivity index (χ0) is 17.1. The first-order valence-corrected chi connectivity index (χ1v) is 8.02. The fraction of sp³-hybridized carbons (Fsp3) is 0.190. The number of carbonyl (C=O) groups is 1. The molecule has 3 aromatic carbocycles. The number of hydrogen-bond acceptors (Lipinski definition) is 2. The molecule has 0 fully saturated rings. The van der Waals surface area contributed by atoms with Crippen LogP contribution >= 0.6 is 0 Å². The molecule has 0 aliphatic heterocycles. The molecule has 122 valence electrons. The molecule has 24 heavy (non-hydrogen) atoms. The van der Waals surface area contributed by atoms with Crippen LogP contribution in [-0.4, -0.2) is 13.0 Å². The Kier molecular flexibility index (Phi) is 4.52. The van der Waals surface area contributed by atoms with Crippen molar-refractivity contribution < 1.29 is 9.53 Å². The van der Waals surface area contributed by atoms with Gasteiger partial charge in [0.2, 0.25) is 0 Å². The van der Waals surface area contributed by atoms with Gasteiger partial charge in [0.15, 0.2) is 0 Å². The van der Waals surface area contributed by atoms with Crippen molar-refractivity contribution in [2.45, 2.75) is 19.9 Å². The van der Waals surface area contributed by atoms with Gasteiger partial charge in [-0.25, -0.2) is 0 Å². The molecule has 0 aromatic heterocycles. The Balaban J connectivity index is 1.88. The zero-order valence-electron chi connectivity index (χ0n) is 14.2. The Morgan fingerprint density at radius 2 is 1.62 bits per heavy atom. The van der Waals surface area contributed by atoms with Crippen LogP contribution in [0, 0.1) is 6.92 Å². The van der Waals surface area contributed by atoms with Gasteiger partial charge >= 0.3 is 0 Å². The average molecular weight is 319 g/mol. The summed E-state index contributed by atoms with van der Waals surface area (Å²) in [6.45, 7) is 4.03. The third-order valence-electron chi connectivity index (χ3n) is 4.24. The van der Waals surface area contributed by atoms with Gasteiger partial charge in [-0.2, -0.15) is 0 Å². The van der Waals surface area contributed by atoms with Crippen LogP contribution in [0.2, 0.25) is 0 Å². The highest BCUT2D eigenvalue weighted by Crippen LogP contribution is 2.26. The molecule has 3 rings (SSSR count). The van der Waals surface area contributed by atoms with E-state index in [1.807, 2.05) is 62.4 Å². The molecule has 0 spiro atoms. The van der Waals surface area contributed by atoms with Crippen LogP contribution in [0.5, 0.6) is 5.75 Å². The van der Waals surface area contributed by atoms with Gasteiger partial charge in [0.05, 0.1) is 18.7 Å². The molecule has 0 aliphatic carbocycles. The third kappa shape index (κ3) is 3.25. The molecule has 0 radical (unpaired) electrons. The van der Waals surface area contributed by atoms with Gasteiger partial charge in [-0.3, -0.25) is 4.79 Å². The maximum atomic E-state index is 12.7. The largest absolute Gasteiger partial charge is 0.496 e. The summed E-state index contributed by atoms with van der Waals surface area (Å²) in [6.07, 6.45) is 0. The molecule has 0 saturated carbocycles. The number of hydrogen-bond donors (Lipinski definition) is 1. The van der Waals surface area contributed by atoms with Gasteiger partial charge < -0.3 is 10.1 Å². The minimum absolute atomic E-state index is 0.0747. The maximum absolute atomic E-state index is 12.7. The number of rotatable bonds is 4. The van der Waals surface area contributed by atoms with Gasteiger partial charge in [-0.1, -0.05) is 54.1 Å². The molecule has 1 amide bonds. The molecule has 1 N–H and O–H groups in total. The van der Waals surface area contributed by atoms with Gasteiger partial charge in [-0.15, -0.1) is 0 Å². The van der Waals surface area contributed by atoms with Crippen molar-refractivity contribution in [3.8, 4) is 5.75 Å². The molecule has 1 atom stereocenters. The third-order valence-corrected chi connectivity index (χ3v) is 4.24. The molecule has 3 aromatic rings. The van der Waals surface area contributed by atoms with E-state index in [0.29, 0.717) is 11.3 Å². The van der Waals surface area contributed by atoms with Gasteiger partial charge in [0.1, 0.15) is 5.75 Å². The summed E-state index contributed by atoms with van der Waals surface area (Å²) >= 11 is 0. The van der Waals surface area contributed by atoms with E-state index in [1.54, 1.807) is 7.11 Å². The van der Waals surface area contributed by atoms with Crippen molar-refractivity contribution in [2.24, 2.45) is 0 Å². The lowest BCUT2D eigenvalue weighted by Crippen LogP contribution is -2.27. The zero-order valence-corrected chi connectivity index (χ0v) is 14.2. The Hall–Kier alpha value is -2.81. The van der Waals surface area contributed by atoms with E-state index in [1.165, 1.54) is 5.56 Å². The number of aryl methyl sites for hydroxylation is 1. The molecule has 3 nitrogen and oxygen atoms in total. The van der Waals surface area contributed by atoms with Crippen LogP contribution in [0.1, 0.15) is 34.5 Å². The number of amides is 1. The number of ether oxygens (including phenoxy) is 1. The van der Waals surface area contributed by atoms with E-state index in [9.17, 15) is 4.79 Å². The molecule has 0 unspecified atom stereocenters. The Morgan fingerprint density at radius 3 is 2.25 bits per heavy atom. The smallest absolute Gasteiger partial charge is 0.255 e. The molecular weight excluding hydrogens is 298 g/mol. The highest BCUT2D eigenvalue weighted by atomic mass is 16.5. The fourth-order valence-corrected chi connectivity index (χ4v) is 2.78. The molecular formula is C21H21NO2. The number of fused-ring (bicyclic) bond motifs is 1. The lowest BCUT2D eigenvalue weighted by atomic mass is 10.0. The highest BCUT2D eigenvalue weighted by Gasteiger charge is 2.16. The quantitative estimate of drug-likeness (QED) is 0.760. The lowest BCUT2D eigenvalue weighted by Gasteiger charge is -2.16. The van der Waals surface area contributed by atoms with Crippen LogP contribution in [0.4, 0.5) is 0 Å². The second-order valence-corrected chi connectivity index (χ2v) is 6.01. The summed E-state index contributed by atoms with van der Waals surface area (Å²) in [5.41, 5.74) is 2.83. The van der Waals surface area contributed by atoms with E-state index < -0.39 is 0 Å². The van der Waals surface area contributed by atoms with Crippen LogP contribution in [0.15, 0.2) is 60.7 Å². The minimum atomic E-state index is -0.134. The predicted molar refractivity (Wildman–Crippen MR) is 97.6 cm³/mol. The van der Waals surface area contributed by atoms with E-state index in [-0.39, 0.29) is 11.9 Å². The monoisotopic (exact) mass is 319 g/mol. The van der Waals surface area contributed by atoms with Crippen LogP contribution in [0.3, 0.4) is 0 Å². The highest BCUT2D eigenvalue weighted by molar-refractivity contribution is 6.01. The second-order valence-electron chi connectivity index (χ2n) is 6.01.